The number of hydrogen-bond acceptors (Lipinski definition) is 2. The van der Waals surface area contributed by atoms with Gasteiger partial charge < -0.3 is 11.1 Å². The van der Waals surface area contributed by atoms with Crippen molar-refractivity contribution < 1.29 is 4.39 Å². The first-order chi connectivity index (χ1) is 8.20. The van der Waals surface area contributed by atoms with Crippen molar-refractivity contribution in [1.82, 2.24) is 5.32 Å². The van der Waals surface area contributed by atoms with Crippen LogP contribution in [0.5, 0.6) is 0 Å². The highest BCUT2D eigenvalue weighted by atomic mass is 19.1. The molecule has 0 radical (unpaired) electrons. The smallest absolute Gasteiger partial charge is 0.126 e. The summed E-state index contributed by atoms with van der Waals surface area (Å²) in [5.74, 6) is 1.34. The van der Waals surface area contributed by atoms with Crippen LogP contribution in [0.25, 0.3) is 0 Å². The summed E-state index contributed by atoms with van der Waals surface area (Å²) in [6, 6.07) is 7.06. The van der Waals surface area contributed by atoms with Crippen LogP contribution >= 0.6 is 0 Å². The summed E-state index contributed by atoms with van der Waals surface area (Å²) in [4.78, 5) is 0. The highest BCUT2D eigenvalue weighted by Gasteiger charge is 2.20. The SMILES string of the molecule is CCC(C[C@H]1C=C(N)NC1)c1ccccc1F. The molecular formula is C14H19FN2. The Balaban J connectivity index is 2.09. The van der Waals surface area contributed by atoms with Crippen molar-refractivity contribution in [3.63, 3.8) is 0 Å². The fourth-order valence-corrected chi connectivity index (χ4v) is 2.46. The van der Waals surface area contributed by atoms with Gasteiger partial charge in [0, 0.05) is 6.54 Å². The second kappa shape index (κ2) is 5.21. The molecule has 2 rings (SSSR count). The quantitative estimate of drug-likeness (QED) is 0.840. The number of rotatable bonds is 4. The third kappa shape index (κ3) is 2.78. The first kappa shape index (κ1) is 12.0. The Morgan fingerprint density at radius 2 is 2.24 bits per heavy atom. The van der Waals surface area contributed by atoms with Gasteiger partial charge in [-0.3, -0.25) is 0 Å². The van der Waals surface area contributed by atoms with Crippen LogP contribution in [0.3, 0.4) is 0 Å². The van der Waals surface area contributed by atoms with Gasteiger partial charge in [-0.25, -0.2) is 4.39 Å². The zero-order chi connectivity index (χ0) is 12.3. The normalized spacial score (nSPS) is 20.8. The molecule has 1 aliphatic heterocycles. The van der Waals surface area contributed by atoms with Crippen LogP contribution in [-0.2, 0) is 0 Å². The van der Waals surface area contributed by atoms with Crippen LogP contribution in [0.4, 0.5) is 4.39 Å². The number of halogens is 1. The maximum absolute atomic E-state index is 13.7. The van der Waals surface area contributed by atoms with E-state index >= 15 is 0 Å². The van der Waals surface area contributed by atoms with E-state index in [1.807, 2.05) is 18.2 Å². The highest BCUT2D eigenvalue weighted by molar-refractivity contribution is 5.22. The Morgan fingerprint density at radius 3 is 2.82 bits per heavy atom. The van der Waals surface area contributed by atoms with Gasteiger partial charge in [0.2, 0.25) is 0 Å². The maximum Gasteiger partial charge on any atom is 0.126 e. The molecule has 17 heavy (non-hydrogen) atoms. The van der Waals surface area contributed by atoms with E-state index in [-0.39, 0.29) is 11.7 Å². The van der Waals surface area contributed by atoms with Crippen molar-refractivity contribution in [1.29, 1.82) is 0 Å². The van der Waals surface area contributed by atoms with Gasteiger partial charge >= 0.3 is 0 Å². The molecule has 1 aromatic rings. The summed E-state index contributed by atoms with van der Waals surface area (Å²) in [6.07, 6.45) is 3.94. The molecule has 0 saturated heterocycles. The summed E-state index contributed by atoms with van der Waals surface area (Å²) < 4.78 is 13.7. The lowest BCUT2D eigenvalue weighted by molar-refractivity contribution is 0.481. The first-order valence-electron chi connectivity index (χ1n) is 6.16. The van der Waals surface area contributed by atoms with Gasteiger partial charge in [0.25, 0.3) is 0 Å². The van der Waals surface area contributed by atoms with Crippen LogP contribution in [0.2, 0.25) is 0 Å². The minimum Gasteiger partial charge on any atom is -0.386 e. The molecule has 0 fully saturated rings. The highest BCUT2D eigenvalue weighted by Crippen LogP contribution is 2.30. The van der Waals surface area contributed by atoms with E-state index in [1.165, 1.54) is 6.07 Å². The summed E-state index contributed by atoms with van der Waals surface area (Å²) in [5.41, 5.74) is 6.51. The minimum absolute atomic E-state index is 0.0951. The molecule has 2 atom stereocenters. The predicted octanol–water partition coefficient (Wildman–Crippen LogP) is 2.73. The molecule has 1 heterocycles. The summed E-state index contributed by atoms with van der Waals surface area (Å²) >= 11 is 0. The molecule has 2 nitrogen and oxygen atoms in total. The zero-order valence-electron chi connectivity index (χ0n) is 10.1. The van der Waals surface area contributed by atoms with E-state index in [0.717, 1.165) is 30.8 Å². The van der Waals surface area contributed by atoms with Crippen LogP contribution in [-0.4, -0.2) is 6.54 Å². The molecule has 0 saturated carbocycles. The standard InChI is InChI=1S/C14H19FN2/c1-2-11(7-10-8-14(16)17-9-10)12-5-3-4-6-13(12)15/h3-6,8,10-11,17H,2,7,9,16H2,1H3/t10-,11?/m0/s1. The molecular weight excluding hydrogens is 215 g/mol. The van der Waals surface area contributed by atoms with E-state index in [4.69, 9.17) is 5.73 Å². The number of nitrogens with two attached hydrogens (primary N) is 1. The van der Waals surface area contributed by atoms with Crippen LogP contribution in [0.1, 0.15) is 31.2 Å². The third-order valence-corrected chi connectivity index (χ3v) is 3.41. The van der Waals surface area contributed by atoms with Crippen LogP contribution in [0.15, 0.2) is 36.2 Å². The van der Waals surface area contributed by atoms with Crippen molar-refractivity contribution >= 4 is 0 Å². The van der Waals surface area contributed by atoms with Gasteiger partial charge in [-0.2, -0.15) is 0 Å². The topological polar surface area (TPSA) is 38.0 Å². The third-order valence-electron chi connectivity index (χ3n) is 3.41. The van der Waals surface area contributed by atoms with E-state index < -0.39 is 0 Å². The van der Waals surface area contributed by atoms with Crippen molar-refractivity contribution in [3.8, 4) is 0 Å². The van der Waals surface area contributed by atoms with E-state index in [9.17, 15) is 4.39 Å². The Bertz CT molecular complexity index is 414. The van der Waals surface area contributed by atoms with Gasteiger partial charge in [-0.05, 0) is 42.4 Å². The molecule has 1 unspecified atom stereocenters. The van der Waals surface area contributed by atoms with Gasteiger partial charge in [-0.1, -0.05) is 25.1 Å². The minimum atomic E-state index is -0.0951. The number of benzene rings is 1. The molecule has 1 aliphatic rings. The molecule has 3 N–H and O–H groups in total. The lowest BCUT2D eigenvalue weighted by Gasteiger charge is -2.18. The van der Waals surface area contributed by atoms with Gasteiger partial charge in [0.1, 0.15) is 5.82 Å². The van der Waals surface area contributed by atoms with E-state index in [2.05, 4.69) is 12.2 Å². The Morgan fingerprint density at radius 1 is 1.47 bits per heavy atom. The van der Waals surface area contributed by atoms with Crippen molar-refractivity contribution in [2.24, 2.45) is 11.7 Å². The molecule has 3 heteroatoms. The molecule has 0 aliphatic carbocycles. The Labute approximate surface area is 102 Å². The second-order valence-corrected chi connectivity index (χ2v) is 4.63. The first-order valence-corrected chi connectivity index (χ1v) is 6.16. The second-order valence-electron chi connectivity index (χ2n) is 4.63. The largest absolute Gasteiger partial charge is 0.386 e. The lowest BCUT2D eigenvalue weighted by Crippen LogP contribution is -2.17. The fourth-order valence-electron chi connectivity index (χ4n) is 2.46. The van der Waals surface area contributed by atoms with Crippen molar-refractivity contribution in [2.75, 3.05) is 6.54 Å². The van der Waals surface area contributed by atoms with Crippen LogP contribution in [0, 0.1) is 11.7 Å². The van der Waals surface area contributed by atoms with Crippen LogP contribution < -0.4 is 11.1 Å². The Kier molecular flexibility index (Phi) is 3.67. The predicted molar refractivity (Wildman–Crippen MR) is 67.8 cm³/mol. The van der Waals surface area contributed by atoms with Gasteiger partial charge in [0.15, 0.2) is 0 Å². The van der Waals surface area contributed by atoms with Crippen molar-refractivity contribution in [2.45, 2.75) is 25.7 Å². The average Bonchev–Trinajstić information content (AvgIpc) is 2.73. The number of nitrogens with one attached hydrogen (secondary N) is 1. The molecule has 92 valence electrons. The van der Waals surface area contributed by atoms with Gasteiger partial charge in [0.05, 0.1) is 5.82 Å². The zero-order valence-corrected chi connectivity index (χ0v) is 10.1. The summed E-state index contributed by atoms with van der Waals surface area (Å²) in [7, 11) is 0. The average molecular weight is 234 g/mol. The summed E-state index contributed by atoms with van der Waals surface area (Å²) in [5, 5.41) is 3.11. The molecule has 1 aromatic carbocycles. The van der Waals surface area contributed by atoms with Gasteiger partial charge in [-0.15, -0.1) is 0 Å². The molecule has 0 amide bonds. The maximum atomic E-state index is 13.7. The summed E-state index contributed by atoms with van der Waals surface area (Å²) in [6.45, 7) is 2.98. The molecule has 0 aromatic heterocycles. The monoisotopic (exact) mass is 234 g/mol. The van der Waals surface area contributed by atoms with Crippen molar-refractivity contribution in [3.05, 3.63) is 47.5 Å². The van der Waals surface area contributed by atoms with E-state index in [1.54, 1.807) is 6.07 Å². The lowest BCUT2D eigenvalue weighted by atomic mass is 9.87. The fraction of sp³-hybridized carbons (Fsp3) is 0.429. The van der Waals surface area contributed by atoms with E-state index in [0.29, 0.717) is 5.92 Å². The number of hydrogen-bond donors (Lipinski definition) is 2. The molecule has 0 bridgehead atoms. The Hall–Kier alpha value is -1.51. The molecule has 0 spiro atoms.